The molecule has 0 radical (unpaired) electrons. The van der Waals surface area contributed by atoms with E-state index in [1.165, 1.54) is 0 Å². The minimum Gasteiger partial charge on any atom is -0.383 e. The average Bonchev–Trinajstić information content (AvgIpc) is 3.44. The number of methoxy groups -OCH3 is 1. The highest BCUT2D eigenvalue weighted by Gasteiger charge is 2.31. The van der Waals surface area contributed by atoms with Gasteiger partial charge in [0.25, 0.3) is 0 Å². The Balaban J connectivity index is 1.51. The lowest BCUT2D eigenvalue weighted by atomic mass is 10.1. The van der Waals surface area contributed by atoms with Crippen molar-refractivity contribution in [1.29, 1.82) is 5.26 Å². The standard InChI is InChI=1S/C22H24N6O2/c1-29-12-10-25-20-18(7-3-9-24-20)21-26-22(30-27-21)19-8-4-11-28(19)15-17-6-2-5-16(13-17)14-23/h2-3,5-7,9,13,19H,4,8,10-12,15H2,1H3,(H,24,25)/t19-/m1/s1. The number of hydrogen-bond donors (Lipinski definition) is 1. The van der Waals surface area contributed by atoms with E-state index in [0.717, 1.165) is 37.1 Å². The second kappa shape index (κ2) is 9.48. The van der Waals surface area contributed by atoms with Crippen LogP contribution in [0.15, 0.2) is 47.1 Å². The third-order valence-electron chi connectivity index (χ3n) is 5.18. The van der Waals surface area contributed by atoms with Gasteiger partial charge in [0.15, 0.2) is 0 Å². The van der Waals surface area contributed by atoms with E-state index in [9.17, 15) is 0 Å². The molecule has 1 fully saturated rings. The summed E-state index contributed by atoms with van der Waals surface area (Å²) in [6.07, 6.45) is 3.76. The molecule has 0 bridgehead atoms. The Hall–Kier alpha value is -3.28. The number of nitriles is 1. The summed E-state index contributed by atoms with van der Waals surface area (Å²) in [5.74, 6) is 1.85. The molecule has 3 aromatic rings. The van der Waals surface area contributed by atoms with Crippen LogP contribution in [0.5, 0.6) is 0 Å². The van der Waals surface area contributed by atoms with Crippen LogP contribution in [0.1, 0.15) is 35.9 Å². The van der Waals surface area contributed by atoms with Gasteiger partial charge in [0, 0.05) is 26.4 Å². The van der Waals surface area contributed by atoms with Crippen molar-refractivity contribution in [2.75, 3.05) is 32.1 Å². The molecule has 0 unspecified atom stereocenters. The number of likely N-dealkylation sites (tertiary alicyclic amines) is 1. The largest absolute Gasteiger partial charge is 0.383 e. The lowest BCUT2D eigenvalue weighted by Crippen LogP contribution is -2.23. The van der Waals surface area contributed by atoms with Crippen molar-refractivity contribution >= 4 is 5.82 Å². The lowest BCUT2D eigenvalue weighted by molar-refractivity contribution is 0.201. The van der Waals surface area contributed by atoms with Crippen LogP contribution in [0.4, 0.5) is 5.82 Å². The predicted octanol–water partition coefficient (Wildman–Crippen LogP) is 3.40. The van der Waals surface area contributed by atoms with E-state index in [4.69, 9.17) is 19.5 Å². The molecular formula is C22H24N6O2. The molecule has 154 valence electrons. The molecule has 1 atom stereocenters. The fraction of sp³-hybridized carbons (Fsp3) is 0.364. The Morgan fingerprint density at radius 2 is 2.27 bits per heavy atom. The summed E-state index contributed by atoms with van der Waals surface area (Å²) in [7, 11) is 1.66. The quantitative estimate of drug-likeness (QED) is 0.570. The number of rotatable bonds is 8. The maximum Gasteiger partial charge on any atom is 0.244 e. The summed E-state index contributed by atoms with van der Waals surface area (Å²) in [5, 5.41) is 16.6. The van der Waals surface area contributed by atoms with Crippen LogP contribution in [-0.2, 0) is 11.3 Å². The number of benzene rings is 1. The summed E-state index contributed by atoms with van der Waals surface area (Å²) in [6, 6.07) is 13.8. The third-order valence-corrected chi connectivity index (χ3v) is 5.18. The van der Waals surface area contributed by atoms with Gasteiger partial charge in [-0.3, -0.25) is 4.90 Å². The Morgan fingerprint density at radius 3 is 3.13 bits per heavy atom. The Kier molecular flexibility index (Phi) is 6.32. The van der Waals surface area contributed by atoms with Gasteiger partial charge in [0.05, 0.1) is 29.8 Å². The minimum atomic E-state index is 0.0681. The molecule has 2 aromatic heterocycles. The molecule has 8 nitrogen and oxygen atoms in total. The van der Waals surface area contributed by atoms with Crippen molar-refractivity contribution < 1.29 is 9.26 Å². The zero-order valence-corrected chi connectivity index (χ0v) is 16.9. The zero-order chi connectivity index (χ0) is 20.8. The highest BCUT2D eigenvalue weighted by atomic mass is 16.5. The van der Waals surface area contributed by atoms with Crippen LogP contribution in [-0.4, -0.2) is 46.8 Å². The Morgan fingerprint density at radius 1 is 1.33 bits per heavy atom. The molecule has 1 aliphatic rings. The van der Waals surface area contributed by atoms with Gasteiger partial charge in [0.2, 0.25) is 11.7 Å². The minimum absolute atomic E-state index is 0.0681. The first-order valence-corrected chi connectivity index (χ1v) is 10.0. The van der Waals surface area contributed by atoms with Crippen LogP contribution >= 0.6 is 0 Å². The van der Waals surface area contributed by atoms with Gasteiger partial charge in [-0.05, 0) is 49.2 Å². The molecule has 1 saturated heterocycles. The van der Waals surface area contributed by atoms with Crippen LogP contribution in [0.25, 0.3) is 11.4 Å². The van der Waals surface area contributed by atoms with Gasteiger partial charge in [-0.25, -0.2) is 4.98 Å². The van der Waals surface area contributed by atoms with Crippen molar-refractivity contribution in [2.24, 2.45) is 0 Å². The third kappa shape index (κ3) is 4.48. The van der Waals surface area contributed by atoms with E-state index >= 15 is 0 Å². The van der Waals surface area contributed by atoms with Crippen LogP contribution in [0.2, 0.25) is 0 Å². The summed E-state index contributed by atoms with van der Waals surface area (Å²) in [6.45, 7) is 2.92. The van der Waals surface area contributed by atoms with Crippen LogP contribution in [0.3, 0.4) is 0 Å². The average molecular weight is 404 g/mol. The maximum atomic E-state index is 9.14. The number of ether oxygens (including phenoxy) is 1. The molecule has 1 N–H and O–H groups in total. The molecule has 0 saturated carbocycles. The predicted molar refractivity (Wildman–Crippen MR) is 111 cm³/mol. The molecular weight excluding hydrogens is 380 g/mol. The second-order valence-electron chi connectivity index (χ2n) is 7.22. The number of anilines is 1. The first-order chi connectivity index (χ1) is 14.8. The number of nitrogens with zero attached hydrogens (tertiary/aromatic N) is 5. The van der Waals surface area contributed by atoms with Crippen molar-refractivity contribution in [2.45, 2.75) is 25.4 Å². The van der Waals surface area contributed by atoms with Gasteiger partial charge in [0.1, 0.15) is 5.82 Å². The Bertz CT molecular complexity index is 1030. The molecule has 3 heterocycles. The van der Waals surface area contributed by atoms with Crippen LogP contribution < -0.4 is 5.32 Å². The van der Waals surface area contributed by atoms with Crippen molar-refractivity contribution in [3.05, 3.63) is 59.6 Å². The van der Waals surface area contributed by atoms with E-state index in [1.807, 2.05) is 36.4 Å². The fourth-order valence-corrected chi connectivity index (χ4v) is 3.75. The topological polar surface area (TPSA) is 100 Å². The molecule has 4 rings (SSSR count). The number of nitrogens with one attached hydrogen (secondary N) is 1. The summed E-state index contributed by atoms with van der Waals surface area (Å²) < 4.78 is 10.8. The summed E-state index contributed by atoms with van der Waals surface area (Å²) in [4.78, 5) is 11.4. The van der Waals surface area contributed by atoms with Gasteiger partial charge in [-0.15, -0.1) is 0 Å². The van der Waals surface area contributed by atoms with Gasteiger partial charge >= 0.3 is 0 Å². The number of aromatic nitrogens is 3. The van der Waals surface area contributed by atoms with E-state index in [-0.39, 0.29) is 6.04 Å². The smallest absolute Gasteiger partial charge is 0.244 e. The zero-order valence-electron chi connectivity index (χ0n) is 16.9. The van der Waals surface area contributed by atoms with E-state index in [2.05, 4.69) is 26.4 Å². The van der Waals surface area contributed by atoms with Crippen molar-refractivity contribution in [3.8, 4) is 17.5 Å². The number of hydrogen-bond acceptors (Lipinski definition) is 8. The molecule has 8 heteroatoms. The van der Waals surface area contributed by atoms with Gasteiger partial charge < -0.3 is 14.6 Å². The summed E-state index contributed by atoms with van der Waals surface area (Å²) in [5.41, 5.74) is 2.58. The Labute approximate surface area is 175 Å². The lowest BCUT2D eigenvalue weighted by Gasteiger charge is -2.21. The number of pyridine rings is 1. The monoisotopic (exact) mass is 404 g/mol. The van der Waals surface area contributed by atoms with Crippen LogP contribution in [0, 0.1) is 11.3 Å². The van der Waals surface area contributed by atoms with Gasteiger partial charge in [-0.2, -0.15) is 10.2 Å². The van der Waals surface area contributed by atoms with E-state index in [0.29, 0.717) is 36.2 Å². The fourth-order valence-electron chi connectivity index (χ4n) is 3.75. The molecule has 0 spiro atoms. The molecule has 1 aromatic carbocycles. The second-order valence-corrected chi connectivity index (χ2v) is 7.22. The van der Waals surface area contributed by atoms with Crippen molar-refractivity contribution in [1.82, 2.24) is 20.0 Å². The summed E-state index contributed by atoms with van der Waals surface area (Å²) >= 11 is 0. The van der Waals surface area contributed by atoms with E-state index in [1.54, 1.807) is 13.3 Å². The molecule has 1 aliphatic heterocycles. The molecule has 30 heavy (non-hydrogen) atoms. The first kappa shape index (κ1) is 20.0. The van der Waals surface area contributed by atoms with Crippen molar-refractivity contribution in [3.63, 3.8) is 0 Å². The van der Waals surface area contributed by atoms with Gasteiger partial charge in [-0.1, -0.05) is 17.3 Å². The SMILES string of the molecule is COCCNc1ncccc1-c1noc([C@H]2CCCN2Cc2cccc(C#N)c2)n1. The highest BCUT2D eigenvalue weighted by molar-refractivity contribution is 5.69. The van der Waals surface area contributed by atoms with E-state index < -0.39 is 0 Å². The normalized spacial score (nSPS) is 16.5. The molecule has 0 amide bonds. The molecule has 0 aliphatic carbocycles. The highest BCUT2D eigenvalue weighted by Crippen LogP contribution is 2.34. The maximum absolute atomic E-state index is 9.14. The first-order valence-electron chi connectivity index (χ1n) is 10.0.